The van der Waals surface area contributed by atoms with Crippen molar-refractivity contribution in [2.45, 2.75) is 44.2 Å². The molecule has 1 saturated heterocycles. The summed E-state index contributed by atoms with van der Waals surface area (Å²) in [6.07, 6.45) is 9.01. The Morgan fingerprint density at radius 2 is 2.13 bits per heavy atom. The van der Waals surface area contributed by atoms with Crippen molar-refractivity contribution in [2.24, 2.45) is 13.0 Å². The minimum Gasteiger partial charge on any atom is -0.338 e. The van der Waals surface area contributed by atoms with Crippen molar-refractivity contribution in [3.8, 4) is 0 Å². The molecule has 3 rings (SSSR count). The Labute approximate surface area is 137 Å². The quantitative estimate of drug-likeness (QED) is 0.806. The second kappa shape index (κ2) is 6.24. The van der Waals surface area contributed by atoms with Crippen LogP contribution < -0.4 is 4.72 Å². The second-order valence-corrected chi connectivity index (χ2v) is 8.59. The Hall–Kier alpha value is -1.41. The topological polar surface area (TPSA) is 84.3 Å². The van der Waals surface area contributed by atoms with Crippen LogP contribution in [0.1, 0.15) is 31.2 Å². The predicted molar refractivity (Wildman–Crippen MR) is 86.1 cm³/mol. The third-order valence-electron chi connectivity index (χ3n) is 4.60. The van der Waals surface area contributed by atoms with Gasteiger partial charge in [0.15, 0.2) is 0 Å². The minimum absolute atomic E-state index is 0.139. The molecule has 1 N–H and O–H groups in total. The van der Waals surface area contributed by atoms with E-state index >= 15 is 0 Å². The van der Waals surface area contributed by atoms with Gasteiger partial charge in [-0.05, 0) is 37.2 Å². The van der Waals surface area contributed by atoms with Gasteiger partial charge in [0.2, 0.25) is 15.9 Å². The van der Waals surface area contributed by atoms with E-state index in [4.69, 9.17) is 0 Å². The van der Waals surface area contributed by atoms with Crippen LogP contribution in [0.3, 0.4) is 0 Å². The zero-order valence-electron chi connectivity index (χ0n) is 13.6. The van der Waals surface area contributed by atoms with Gasteiger partial charge in [-0.1, -0.05) is 0 Å². The van der Waals surface area contributed by atoms with Crippen LogP contribution in [-0.2, 0) is 28.3 Å². The standard InChI is InChI=1S/C15H24N4O3S/c1-18-10-12(9-16-18)7-14-13(17-23(2,21)22)5-6-19(14)15(20)8-11-3-4-11/h9-11,13-14,17H,3-8H2,1-2H3/t13-,14+/m0/s1. The first kappa shape index (κ1) is 16.4. The minimum atomic E-state index is -3.30. The molecule has 8 heteroatoms. The largest absolute Gasteiger partial charge is 0.338 e. The maximum absolute atomic E-state index is 12.5. The number of likely N-dealkylation sites (tertiary alicyclic amines) is 1. The van der Waals surface area contributed by atoms with E-state index in [0.29, 0.717) is 31.7 Å². The molecule has 128 valence electrons. The van der Waals surface area contributed by atoms with E-state index in [1.165, 1.54) is 6.26 Å². The monoisotopic (exact) mass is 340 g/mol. The Morgan fingerprint density at radius 3 is 2.70 bits per heavy atom. The number of hydrogen-bond donors (Lipinski definition) is 1. The maximum atomic E-state index is 12.5. The van der Waals surface area contributed by atoms with Crippen molar-refractivity contribution in [3.63, 3.8) is 0 Å². The van der Waals surface area contributed by atoms with E-state index in [-0.39, 0.29) is 18.0 Å². The van der Waals surface area contributed by atoms with Crippen LogP contribution in [0.5, 0.6) is 0 Å². The van der Waals surface area contributed by atoms with E-state index < -0.39 is 10.0 Å². The highest BCUT2D eigenvalue weighted by Crippen LogP contribution is 2.34. The summed E-state index contributed by atoms with van der Waals surface area (Å²) >= 11 is 0. The lowest BCUT2D eigenvalue weighted by Gasteiger charge is -2.28. The highest BCUT2D eigenvalue weighted by atomic mass is 32.2. The van der Waals surface area contributed by atoms with Crippen LogP contribution in [0, 0.1) is 5.92 Å². The summed E-state index contributed by atoms with van der Waals surface area (Å²) in [4.78, 5) is 14.4. The summed E-state index contributed by atoms with van der Waals surface area (Å²) in [5.41, 5.74) is 1.02. The van der Waals surface area contributed by atoms with Crippen LogP contribution in [0.15, 0.2) is 12.4 Å². The summed E-state index contributed by atoms with van der Waals surface area (Å²) in [5.74, 6) is 0.683. The lowest BCUT2D eigenvalue weighted by Crippen LogP contribution is -2.47. The maximum Gasteiger partial charge on any atom is 0.223 e. The SMILES string of the molecule is Cn1cc(C[C@@H]2[C@@H](NS(C)(=O)=O)CCN2C(=O)CC2CC2)cn1. The van der Waals surface area contributed by atoms with Crippen LogP contribution in [0.4, 0.5) is 0 Å². The van der Waals surface area contributed by atoms with Gasteiger partial charge < -0.3 is 4.90 Å². The van der Waals surface area contributed by atoms with Crippen molar-refractivity contribution in [3.05, 3.63) is 18.0 Å². The van der Waals surface area contributed by atoms with Gasteiger partial charge in [-0.3, -0.25) is 9.48 Å². The lowest BCUT2D eigenvalue weighted by molar-refractivity contribution is -0.132. The lowest BCUT2D eigenvalue weighted by atomic mass is 10.0. The zero-order valence-corrected chi connectivity index (χ0v) is 14.4. The number of hydrogen-bond acceptors (Lipinski definition) is 4. The van der Waals surface area contributed by atoms with Crippen molar-refractivity contribution in [2.75, 3.05) is 12.8 Å². The fourth-order valence-corrected chi connectivity index (χ4v) is 4.16. The van der Waals surface area contributed by atoms with Gasteiger partial charge in [-0.15, -0.1) is 0 Å². The molecule has 2 atom stereocenters. The molecule has 23 heavy (non-hydrogen) atoms. The van der Waals surface area contributed by atoms with E-state index in [1.807, 2.05) is 18.1 Å². The normalized spacial score (nSPS) is 25.0. The number of nitrogens with zero attached hydrogens (tertiary/aromatic N) is 3. The molecular formula is C15H24N4O3S. The summed E-state index contributed by atoms with van der Waals surface area (Å²) < 4.78 is 27.7. The van der Waals surface area contributed by atoms with Crippen molar-refractivity contribution in [1.82, 2.24) is 19.4 Å². The molecule has 0 radical (unpaired) electrons. The number of aryl methyl sites for hydroxylation is 1. The molecule has 1 saturated carbocycles. The number of sulfonamides is 1. The van der Waals surface area contributed by atoms with Gasteiger partial charge >= 0.3 is 0 Å². The smallest absolute Gasteiger partial charge is 0.223 e. The summed E-state index contributed by atoms with van der Waals surface area (Å²) in [7, 11) is -1.45. The number of aromatic nitrogens is 2. The number of carbonyl (C=O) groups excluding carboxylic acids is 1. The van der Waals surface area contributed by atoms with Gasteiger partial charge in [-0.25, -0.2) is 13.1 Å². The average Bonchev–Trinajstić information content (AvgIpc) is 3.03. The van der Waals surface area contributed by atoms with E-state index in [2.05, 4.69) is 9.82 Å². The van der Waals surface area contributed by atoms with E-state index in [9.17, 15) is 13.2 Å². The fraction of sp³-hybridized carbons (Fsp3) is 0.733. The van der Waals surface area contributed by atoms with Gasteiger partial charge in [0.05, 0.1) is 18.5 Å². The zero-order chi connectivity index (χ0) is 16.6. The Morgan fingerprint density at radius 1 is 1.39 bits per heavy atom. The van der Waals surface area contributed by atoms with Crippen molar-refractivity contribution >= 4 is 15.9 Å². The molecule has 1 amide bonds. The van der Waals surface area contributed by atoms with Crippen LogP contribution >= 0.6 is 0 Å². The van der Waals surface area contributed by atoms with Crippen molar-refractivity contribution < 1.29 is 13.2 Å². The second-order valence-electron chi connectivity index (χ2n) is 6.81. The Balaban J connectivity index is 1.75. The fourth-order valence-electron chi connectivity index (χ4n) is 3.33. The van der Waals surface area contributed by atoms with E-state index in [0.717, 1.165) is 18.4 Å². The molecule has 7 nitrogen and oxygen atoms in total. The first-order chi connectivity index (χ1) is 10.8. The summed E-state index contributed by atoms with van der Waals surface area (Å²) in [6.45, 7) is 0.615. The van der Waals surface area contributed by atoms with Crippen LogP contribution in [-0.4, -0.2) is 53.9 Å². The molecule has 2 aliphatic rings. The van der Waals surface area contributed by atoms with Gasteiger partial charge in [0, 0.05) is 32.3 Å². The van der Waals surface area contributed by atoms with E-state index in [1.54, 1.807) is 10.9 Å². The highest BCUT2D eigenvalue weighted by molar-refractivity contribution is 7.88. The van der Waals surface area contributed by atoms with Gasteiger partial charge in [-0.2, -0.15) is 5.10 Å². The number of rotatable bonds is 6. The van der Waals surface area contributed by atoms with Crippen LogP contribution in [0.2, 0.25) is 0 Å². The molecule has 0 unspecified atom stereocenters. The van der Waals surface area contributed by atoms with Gasteiger partial charge in [0.25, 0.3) is 0 Å². The molecule has 1 aliphatic heterocycles. The molecule has 2 heterocycles. The Kier molecular flexibility index (Phi) is 4.46. The molecule has 0 spiro atoms. The van der Waals surface area contributed by atoms with Gasteiger partial charge in [0.1, 0.15) is 0 Å². The molecule has 0 bridgehead atoms. The third kappa shape index (κ3) is 4.32. The van der Waals surface area contributed by atoms with Crippen molar-refractivity contribution in [1.29, 1.82) is 0 Å². The molecular weight excluding hydrogens is 316 g/mol. The molecule has 1 aromatic rings. The Bertz CT molecular complexity index is 681. The third-order valence-corrected chi connectivity index (χ3v) is 5.33. The number of nitrogens with one attached hydrogen (secondary N) is 1. The average molecular weight is 340 g/mol. The first-order valence-corrected chi connectivity index (χ1v) is 9.95. The van der Waals surface area contributed by atoms with Crippen LogP contribution in [0.25, 0.3) is 0 Å². The molecule has 2 fully saturated rings. The molecule has 0 aromatic carbocycles. The summed E-state index contributed by atoms with van der Waals surface area (Å²) in [5, 5.41) is 4.16. The summed E-state index contributed by atoms with van der Waals surface area (Å²) in [6, 6.07) is -0.367. The number of carbonyl (C=O) groups is 1. The predicted octanol–water partition coefficient (Wildman–Crippen LogP) is 0.281. The highest BCUT2D eigenvalue weighted by Gasteiger charge is 2.39. The number of amides is 1. The molecule has 1 aliphatic carbocycles. The first-order valence-electron chi connectivity index (χ1n) is 8.06. The molecule has 1 aromatic heterocycles.